The van der Waals surface area contributed by atoms with Crippen LogP contribution in [0.2, 0.25) is 0 Å². The quantitative estimate of drug-likeness (QED) is 0.700. The van der Waals surface area contributed by atoms with Crippen molar-refractivity contribution in [2.75, 3.05) is 10.6 Å². The number of carbonyl (C=O) groups is 2. The highest BCUT2D eigenvalue weighted by atomic mass is 16.2. The molecule has 29 heavy (non-hydrogen) atoms. The topological polar surface area (TPSA) is 93.1 Å². The van der Waals surface area contributed by atoms with Gasteiger partial charge in [-0.05, 0) is 31.5 Å². The average Bonchev–Trinajstić information content (AvgIpc) is 2.67. The molecule has 0 fully saturated rings. The van der Waals surface area contributed by atoms with Gasteiger partial charge >= 0.3 is 0 Å². The predicted molar refractivity (Wildman–Crippen MR) is 113 cm³/mol. The Balaban J connectivity index is 1.93. The first-order chi connectivity index (χ1) is 13.8. The SMILES string of the molecule is CC(=O)Nc1cc(-c2ccccc2)nn(CC(=O)Nc2ccc(C)cc2C)c1=O. The largest absolute Gasteiger partial charge is 0.324 e. The van der Waals surface area contributed by atoms with E-state index < -0.39 is 5.56 Å². The van der Waals surface area contributed by atoms with E-state index in [1.807, 2.05) is 62.4 Å². The second-order valence-electron chi connectivity index (χ2n) is 6.82. The molecule has 2 amide bonds. The fourth-order valence-corrected chi connectivity index (χ4v) is 2.96. The van der Waals surface area contributed by atoms with Gasteiger partial charge in [0.05, 0.1) is 5.69 Å². The maximum absolute atomic E-state index is 12.7. The Hall–Kier alpha value is -3.74. The monoisotopic (exact) mass is 390 g/mol. The molecule has 0 bridgehead atoms. The van der Waals surface area contributed by atoms with Crippen molar-refractivity contribution in [2.45, 2.75) is 27.3 Å². The molecule has 0 aliphatic heterocycles. The summed E-state index contributed by atoms with van der Waals surface area (Å²) in [5, 5.41) is 9.65. The lowest BCUT2D eigenvalue weighted by Crippen LogP contribution is -2.32. The van der Waals surface area contributed by atoms with Gasteiger partial charge in [-0.2, -0.15) is 5.10 Å². The van der Waals surface area contributed by atoms with E-state index in [1.54, 1.807) is 0 Å². The lowest BCUT2D eigenvalue weighted by atomic mass is 10.1. The third-order valence-corrected chi connectivity index (χ3v) is 4.30. The zero-order valence-electron chi connectivity index (χ0n) is 16.5. The van der Waals surface area contributed by atoms with E-state index in [2.05, 4.69) is 15.7 Å². The predicted octanol–water partition coefficient (Wildman–Crippen LogP) is 3.12. The van der Waals surface area contributed by atoms with Crippen LogP contribution < -0.4 is 16.2 Å². The summed E-state index contributed by atoms with van der Waals surface area (Å²) in [5.74, 6) is -0.760. The van der Waals surface area contributed by atoms with Crippen LogP contribution >= 0.6 is 0 Å². The summed E-state index contributed by atoms with van der Waals surface area (Å²) in [6, 6.07) is 16.4. The Bertz CT molecular complexity index is 1120. The number of carbonyl (C=O) groups excluding carboxylic acids is 2. The lowest BCUT2D eigenvalue weighted by molar-refractivity contribution is -0.117. The minimum atomic E-state index is -0.546. The van der Waals surface area contributed by atoms with Crippen molar-refractivity contribution in [3.63, 3.8) is 0 Å². The maximum Gasteiger partial charge on any atom is 0.291 e. The van der Waals surface area contributed by atoms with Gasteiger partial charge < -0.3 is 10.6 Å². The maximum atomic E-state index is 12.7. The number of aromatic nitrogens is 2. The minimum absolute atomic E-state index is 0.0747. The highest BCUT2D eigenvalue weighted by molar-refractivity contribution is 5.92. The molecule has 2 N–H and O–H groups in total. The van der Waals surface area contributed by atoms with Crippen LogP contribution in [0.5, 0.6) is 0 Å². The molecule has 148 valence electrons. The highest BCUT2D eigenvalue weighted by Crippen LogP contribution is 2.18. The average molecular weight is 390 g/mol. The summed E-state index contributed by atoms with van der Waals surface area (Å²) in [7, 11) is 0. The molecular weight excluding hydrogens is 368 g/mol. The summed E-state index contributed by atoms with van der Waals surface area (Å²) in [5.41, 5.74) is 3.47. The van der Waals surface area contributed by atoms with Gasteiger partial charge in [-0.15, -0.1) is 0 Å². The first-order valence-corrected chi connectivity index (χ1v) is 9.16. The molecule has 1 aromatic heterocycles. The second kappa shape index (κ2) is 8.52. The molecular formula is C22H22N4O3. The number of nitrogens with one attached hydrogen (secondary N) is 2. The van der Waals surface area contributed by atoms with E-state index in [-0.39, 0.29) is 24.0 Å². The molecule has 2 aromatic carbocycles. The normalized spacial score (nSPS) is 10.4. The molecule has 7 heteroatoms. The van der Waals surface area contributed by atoms with Crippen molar-refractivity contribution in [3.8, 4) is 11.3 Å². The van der Waals surface area contributed by atoms with Crippen molar-refractivity contribution in [3.05, 3.63) is 76.1 Å². The van der Waals surface area contributed by atoms with Crippen LogP contribution in [0.25, 0.3) is 11.3 Å². The van der Waals surface area contributed by atoms with Crippen LogP contribution in [0.4, 0.5) is 11.4 Å². The smallest absolute Gasteiger partial charge is 0.291 e. The van der Waals surface area contributed by atoms with Crippen molar-refractivity contribution in [1.82, 2.24) is 9.78 Å². The molecule has 0 atom stereocenters. The van der Waals surface area contributed by atoms with Gasteiger partial charge in [0.2, 0.25) is 11.8 Å². The summed E-state index contributed by atoms with van der Waals surface area (Å²) in [4.78, 5) is 36.7. The molecule has 0 unspecified atom stereocenters. The standard InChI is InChI=1S/C22H22N4O3/c1-14-9-10-18(15(2)11-14)24-21(28)13-26-22(29)20(23-16(3)27)12-19(25-26)17-7-5-4-6-8-17/h4-12H,13H2,1-3H3,(H,23,27)(H,24,28). The summed E-state index contributed by atoms with van der Waals surface area (Å²) < 4.78 is 1.06. The molecule has 0 radical (unpaired) electrons. The van der Waals surface area contributed by atoms with E-state index in [9.17, 15) is 14.4 Å². The van der Waals surface area contributed by atoms with Gasteiger partial charge in [0, 0.05) is 18.2 Å². The molecule has 0 saturated heterocycles. The van der Waals surface area contributed by atoms with Crippen LogP contribution in [0.15, 0.2) is 59.4 Å². The fraction of sp³-hybridized carbons (Fsp3) is 0.182. The van der Waals surface area contributed by atoms with Crippen LogP contribution in [-0.2, 0) is 16.1 Å². The summed E-state index contributed by atoms with van der Waals surface area (Å²) in [6.07, 6.45) is 0. The van der Waals surface area contributed by atoms with Gasteiger partial charge in [-0.1, -0.05) is 48.0 Å². The van der Waals surface area contributed by atoms with E-state index in [1.165, 1.54) is 13.0 Å². The number of aryl methyl sites for hydroxylation is 2. The second-order valence-corrected chi connectivity index (χ2v) is 6.82. The van der Waals surface area contributed by atoms with Gasteiger partial charge in [0.1, 0.15) is 12.2 Å². The lowest BCUT2D eigenvalue weighted by Gasteiger charge is -2.12. The molecule has 0 spiro atoms. The Kier molecular flexibility index (Phi) is 5.87. The van der Waals surface area contributed by atoms with Crippen LogP contribution in [0.1, 0.15) is 18.1 Å². The number of amides is 2. The van der Waals surface area contributed by atoms with Gasteiger partial charge in [0.15, 0.2) is 0 Å². The Morgan fingerprint density at radius 3 is 2.34 bits per heavy atom. The van der Waals surface area contributed by atoms with Gasteiger partial charge in [-0.3, -0.25) is 14.4 Å². The third kappa shape index (κ3) is 4.95. The summed E-state index contributed by atoms with van der Waals surface area (Å²) in [6.45, 7) is 4.91. The van der Waals surface area contributed by atoms with Crippen LogP contribution in [-0.4, -0.2) is 21.6 Å². The van der Waals surface area contributed by atoms with Crippen LogP contribution in [0, 0.1) is 13.8 Å². The van der Waals surface area contributed by atoms with Crippen molar-refractivity contribution in [2.24, 2.45) is 0 Å². The first kappa shape index (κ1) is 20.0. The van der Waals surface area contributed by atoms with Gasteiger partial charge in [0.25, 0.3) is 5.56 Å². The Labute approximate surface area is 168 Å². The van der Waals surface area contributed by atoms with Gasteiger partial charge in [-0.25, -0.2) is 4.68 Å². The molecule has 0 saturated carbocycles. The number of benzene rings is 2. The van der Waals surface area contributed by atoms with Crippen molar-refractivity contribution < 1.29 is 9.59 Å². The Morgan fingerprint density at radius 1 is 0.966 bits per heavy atom. The van der Waals surface area contributed by atoms with E-state index in [0.717, 1.165) is 21.4 Å². The molecule has 3 rings (SSSR count). The molecule has 7 nitrogen and oxygen atoms in total. The van der Waals surface area contributed by atoms with E-state index in [0.29, 0.717) is 11.4 Å². The number of anilines is 2. The molecule has 3 aromatic rings. The van der Waals surface area contributed by atoms with Crippen molar-refractivity contribution >= 4 is 23.2 Å². The Morgan fingerprint density at radius 2 is 1.69 bits per heavy atom. The molecule has 1 heterocycles. The van der Waals surface area contributed by atoms with E-state index in [4.69, 9.17) is 0 Å². The first-order valence-electron chi connectivity index (χ1n) is 9.16. The molecule has 0 aliphatic rings. The highest BCUT2D eigenvalue weighted by Gasteiger charge is 2.14. The number of rotatable bonds is 5. The number of hydrogen-bond acceptors (Lipinski definition) is 4. The van der Waals surface area contributed by atoms with Crippen LogP contribution in [0.3, 0.4) is 0 Å². The number of nitrogens with zero attached hydrogens (tertiary/aromatic N) is 2. The summed E-state index contributed by atoms with van der Waals surface area (Å²) >= 11 is 0. The van der Waals surface area contributed by atoms with Crippen molar-refractivity contribution in [1.29, 1.82) is 0 Å². The minimum Gasteiger partial charge on any atom is -0.324 e. The zero-order chi connectivity index (χ0) is 21.0. The van der Waals surface area contributed by atoms with E-state index >= 15 is 0 Å². The number of hydrogen-bond donors (Lipinski definition) is 2. The molecule has 0 aliphatic carbocycles. The fourth-order valence-electron chi connectivity index (χ4n) is 2.96. The third-order valence-electron chi connectivity index (χ3n) is 4.30. The zero-order valence-corrected chi connectivity index (χ0v) is 16.5.